The maximum atomic E-state index is 15.4. The van der Waals surface area contributed by atoms with E-state index < -0.39 is 66.1 Å². The van der Waals surface area contributed by atoms with Crippen LogP contribution in [0.4, 0.5) is 34.1 Å². The number of piperidine rings is 1. The molecule has 2 aromatic carbocycles. The maximum absolute atomic E-state index is 15.4. The highest BCUT2D eigenvalue weighted by atomic mass is 35.5. The Labute approximate surface area is 230 Å². The number of carboxylic acid groups (broad SMARTS) is 1. The number of ether oxygens (including phenoxy) is 1. The van der Waals surface area contributed by atoms with Crippen molar-refractivity contribution in [2.45, 2.75) is 43.2 Å². The molecule has 1 aliphatic carbocycles. The molecule has 40 heavy (non-hydrogen) atoms. The molecule has 1 unspecified atom stereocenters. The number of nitrogens with zero attached hydrogens (tertiary/aromatic N) is 1. The van der Waals surface area contributed by atoms with Crippen molar-refractivity contribution in [1.29, 1.82) is 0 Å². The van der Waals surface area contributed by atoms with Crippen molar-refractivity contribution in [3.8, 4) is 0 Å². The third-order valence-corrected chi connectivity index (χ3v) is 7.57. The highest BCUT2D eigenvalue weighted by Crippen LogP contribution is 2.52. The number of fused-ring (bicyclic) bond motifs is 2. The minimum Gasteiger partial charge on any atom is -0.465 e. The Balaban J connectivity index is 1.47. The Bertz CT molecular complexity index is 1380. The summed E-state index contributed by atoms with van der Waals surface area (Å²) in [6.45, 7) is 0.683. The number of alkyl halides is 2. The van der Waals surface area contributed by atoms with Gasteiger partial charge in [0.1, 0.15) is 6.04 Å². The maximum Gasteiger partial charge on any atom is 0.422 e. The molecule has 14 heteroatoms. The molecule has 1 saturated carbocycles. The Morgan fingerprint density at radius 3 is 2.50 bits per heavy atom. The number of carbonyl (C=O) groups is 4. The molecule has 3 atom stereocenters. The molecule has 2 heterocycles. The van der Waals surface area contributed by atoms with Crippen molar-refractivity contribution < 1.29 is 42.2 Å². The van der Waals surface area contributed by atoms with Crippen molar-refractivity contribution in [2.24, 2.45) is 5.92 Å². The SMILES string of the molecule is O=C(O)Nc1ccc(C(=O)N[C@@H](CC2CC2(F)F)C(=O)N2C(=O)O[C@]3(CCCNC3)c3c2ccc(Cl)c3F)cc1. The summed E-state index contributed by atoms with van der Waals surface area (Å²) in [7, 11) is 0. The van der Waals surface area contributed by atoms with Crippen LogP contribution in [0.3, 0.4) is 0 Å². The summed E-state index contributed by atoms with van der Waals surface area (Å²) in [5, 5.41) is 16.1. The molecule has 1 saturated heterocycles. The van der Waals surface area contributed by atoms with Gasteiger partial charge in [-0.2, -0.15) is 0 Å². The number of carbonyl (C=O) groups excluding carboxylic acids is 3. The lowest BCUT2D eigenvalue weighted by molar-refractivity contribution is -0.121. The van der Waals surface area contributed by atoms with Crippen LogP contribution in [0.1, 0.15) is 41.6 Å². The van der Waals surface area contributed by atoms with Gasteiger partial charge in [0.25, 0.3) is 17.7 Å². The first-order valence-corrected chi connectivity index (χ1v) is 12.8. The molecular formula is C26H24ClF3N4O6. The Morgan fingerprint density at radius 2 is 1.90 bits per heavy atom. The molecule has 4 amide bonds. The number of halogens is 4. The van der Waals surface area contributed by atoms with Crippen LogP contribution < -0.4 is 20.9 Å². The van der Waals surface area contributed by atoms with Gasteiger partial charge in [-0.3, -0.25) is 14.9 Å². The van der Waals surface area contributed by atoms with E-state index in [-0.39, 0.29) is 40.5 Å². The molecule has 2 aromatic rings. The number of benzene rings is 2. The van der Waals surface area contributed by atoms with Crippen LogP contribution in [0.2, 0.25) is 5.02 Å². The number of anilines is 2. The van der Waals surface area contributed by atoms with Crippen LogP contribution >= 0.6 is 11.6 Å². The molecule has 2 fully saturated rings. The number of imide groups is 1. The van der Waals surface area contributed by atoms with Gasteiger partial charge in [0.15, 0.2) is 11.4 Å². The monoisotopic (exact) mass is 580 g/mol. The molecule has 1 spiro atoms. The number of nitrogens with one attached hydrogen (secondary N) is 3. The van der Waals surface area contributed by atoms with Crippen LogP contribution in [0.15, 0.2) is 36.4 Å². The number of amides is 4. The molecule has 0 aromatic heterocycles. The molecular weight excluding hydrogens is 557 g/mol. The smallest absolute Gasteiger partial charge is 0.422 e. The van der Waals surface area contributed by atoms with Gasteiger partial charge >= 0.3 is 12.2 Å². The van der Waals surface area contributed by atoms with Crippen molar-refractivity contribution in [3.63, 3.8) is 0 Å². The summed E-state index contributed by atoms with van der Waals surface area (Å²) in [6.07, 6.45) is -2.62. The van der Waals surface area contributed by atoms with Gasteiger partial charge in [0.2, 0.25) is 0 Å². The Hall–Kier alpha value is -3.84. The van der Waals surface area contributed by atoms with E-state index in [2.05, 4.69) is 16.0 Å². The lowest BCUT2D eigenvalue weighted by Gasteiger charge is -2.44. The minimum atomic E-state index is -3.04. The quantitative estimate of drug-likeness (QED) is 0.395. The second-order valence-electron chi connectivity index (χ2n) is 10.0. The molecule has 0 radical (unpaired) electrons. The molecule has 5 rings (SSSR count). The number of hydrogen-bond acceptors (Lipinski definition) is 6. The lowest BCUT2D eigenvalue weighted by atomic mass is 9.83. The zero-order valence-electron chi connectivity index (χ0n) is 20.8. The first kappa shape index (κ1) is 27.7. The van der Waals surface area contributed by atoms with Crippen LogP contribution in [-0.4, -0.2) is 54.2 Å². The van der Waals surface area contributed by atoms with E-state index in [0.29, 0.717) is 17.9 Å². The van der Waals surface area contributed by atoms with E-state index in [9.17, 15) is 28.0 Å². The van der Waals surface area contributed by atoms with E-state index in [0.717, 1.165) is 0 Å². The first-order valence-electron chi connectivity index (χ1n) is 12.5. The van der Waals surface area contributed by atoms with Crippen molar-refractivity contribution >= 4 is 47.0 Å². The Morgan fingerprint density at radius 1 is 1.20 bits per heavy atom. The van der Waals surface area contributed by atoms with Crippen LogP contribution in [0, 0.1) is 11.7 Å². The molecule has 3 aliphatic rings. The molecule has 4 N–H and O–H groups in total. The summed E-state index contributed by atoms with van der Waals surface area (Å²) < 4.78 is 48.8. The minimum absolute atomic E-state index is 0.00276. The van der Waals surface area contributed by atoms with Crippen LogP contribution in [0.25, 0.3) is 0 Å². The number of rotatable bonds is 6. The largest absolute Gasteiger partial charge is 0.465 e. The second kappa shape index (κ2) is 10.3. The highest BCUT2D eigenvalue weighted by molar-refractivity contribution is 6.31. The predicted octanol–water partition coefficient (Wildman–Crippen LogP) is 4.47. The van der Waals surface area contributed by atoms with E-state index in [4.69, 9.17) is 21.4 Å². The summed E-state index contributed by atoms with van der Waals surface area (Å²) in [5.74, 6) is -7.04. The van der Waals surface area contributed by atoms with Crippen molar-refractivity contribution in [1.82, 2.24) is 10.6 Å². The zero-order valence-corrected chi connectivity index (χ0v) is 21.6. The topological polar surface area (TPSA) is 137 Å². The van der Waals surface area contributed by atoms with Gasteiger partial charge in [0.05, 0.1) is 16.3 Å². The fraction of sp³-hybridized carbons (Fsp3) is 0.385. The molecule has 2 aliphatic heterocycles. The zero-order chi connectivity index (χ0) is 28.8. The third kappa shape index (κ3) is 5.18. The summed E-state index contributed by atoms with van der Waals surface area (Å²) in [4.78, 5) is 51.4. The first-order chi connectivity index (χ1) is 18.9. The average molecular weight is 581 g/mol. The fourth-order valence-electron chi connectivity index (χ4n) is 5.17. The highest BCUT2D eigenvalue weighted by Gasteiger charge is 2.58. The average Bonchev–Trinajstić information content (AvgIpc) is 3.51. The van der Waals surface area contributed by atoms with Gasteiger partial charge in [-0.1, -0.05) is 11.6 Å². The summed E-state index contributed by atoms with van der Waals surface area (Å²) >= 11 is 6.04. The predicted molar refractivity (Wildman–Crippen MR) is 136 cm³/mol. The normalized spacial score (nSPS) is 23.6. The summed E-state index contributed by atoms with van der Waals surface area (Å²) in [5.41, 5.74) is -1.50. The molecule has 212 valence electrons. The summed E-state index contributed by atoms with van der Waals surface area (Å²) in [6, 6.07) is 6.02. The standard InChI is InChI=1S/C26H24ClF3N4O6/c27-16-6-7-18-19(20(16)28)25(8-1-9-31-12-25)40-24(39)34(18)22(36)17(10-14-11-26(14,29)30)33-21(35)13-2-4-15(5-3-13)32-23(37)38/h2-7,14,17,31-32H,1,8-12H2,(H,33,35)(H,37,38)/t14?,17-,25-/m0/s1. The van der Waals surface area contributed by atoms with Crippen LogP contribution in [0.5, 0.6) is 0 Å². The van der Waals surface area contributed by atoms with Crippen molar-refractivity contribution in [3.05, 3.63) is 58.4 Å². The molecule has 0 bridgehead atoms. The van der Waals surface area contributed by atoms with Gasteiger partial charge < -0.3 is 20.5 Å². The third-order valence-electron chi connectivity index (χ3n) is 7.28. The fourth-order valence-corrected chi connectivity index (χ4v) is 5.32. The van der Waals surface area contributed by atoms with E-state index in [1.807, 2.05) is 0 Å². The van der Waals surface area contributed by atoms with Gasteiger partial charge in [-0.25, -0.2) is 27.7 Å². The van der Waals surface area contributed by atoms with E-state index >= 15 is 4.39 Å². The van der Waals surface area contributed by atoms with Gasteiger partial charge in [-0.15, -0.1) is 0 Å². The number of hydrogen-bond donors (Lipinski definition) is 4. The lowest BCUT2D eigenvalue weighted by Crippen LogP contribution is -2.58. The van der Waals surface area contributed by atoms with E-state index in [1.165, 1.54) is 36.4 Å². The Kier molecular flexibility index (Phi) is 7.13. The van der Waals surface area contributed by atoms with Gasteiger partial charge in [-0.05, 0) is 62.2 Å². The van der Waals surface area contributed by atoms with Crippen LogP contribution in [-0.2, 0) is 15.1 Å². The van der Waals surface area contributed by atoms with E-state index in [1.54, 1.807) is 0 Å². The second-order valence-corrected chi connectivity index (χ2v) is 10.4. The van der Waals surface area contributed by atoms with Gasteiger partial charge in [0, 0.05) is 30.1 Å². The molecule has 10 nitrogen and oxygen atoms in total. The van der Waals surface area contributed by atoms with Crippen molar-refractivity contribution in [2.75, 3.05) is 23.3 Å².